The highest BCUT2D eigenvalue weighted by molar-refractivity contribution is 7.99. The first-order valence-electron chi connectivity index (χ1n) is 4.69. The number of rotatable bonds is 8. The van der Waals surface area contributed by atoms with Gasteiger partial charge in [-0.1, -0.05) is 0 Å². The Kier molecular flexibility index (Phi) is 9.67. The van der Waals surface area contributed by atoms with Crippen molar-refractivity contribution in [1.29, 1.82) is 0 Å². The van der Waals surface area contributed by atoms with Gasteiger partial charge in [0.05, 0.1) is 16.3 Å². The first-order valence-corrected chi connectivity index (χ1v) is 7.78. The summed E-state index contributed by atoms with van der Waals surface area (Å²) in [6.07, 6.45) is 3.95. The van der Waals surface area contributed by atoms with Crippen LogP contribution in [0.4, 0.5) is 0 Å². The summed E-state index contributed by atoms with van der Waals surface area (Å²) < 4.78 is 16.5. The van der Waals surface area contributed by atoms with E-state index in [1.54, 1.807) is 23.5 Å². The topological polar surface area (TPSA) is 27.7 Å². The van der Waals surface area contributed by atoms with Crippen LogP contribution in [0.3, 0.4) is 0 Å². The predicted molar refractivity (Wildman–Crippen MR) is 73.4 cm³/mol. The van der Waals surface area contributed by atoms with Gasteiger partial charge in [0.2, 0.25) is 0 Å². The molecule has 3 unspecified atom stereocenters. The highest BCUT2D eigenvalue weighted by atomic mass is 32.2. The van der Waals surface area contributed by atoms with Crippen molar-refractivity contribution < 1.29 is 14.0 Å². The second-order valence-electron chi connectivity index (χ2n) is 2.90. The van der Waals surface area contributed by atoms with Crippen LogP contribution in [0.5, 0.6) is 0 Å². The second-order valence-corrected chi connectivity index (χ2v) is 5.90. The number of hydrogen-bond donors (Lipinski definition) is 1. The van der Waals surface area contributed by atoms with Gasteiger partial charge in [-0.3, -0.25) is 0 Å². The zero-order chi connectivity index (χ0) is 11.8. The molecule has 0 rings (SSSR count). The molecule has 0 aromatic rings. The molecule has 0 fully saturated rings. The number of thiol groups is 1. The van der Waals surface area contributed by atoms with Crippen LogP contribution in [-0.4, -0.2) is 36.1 Å². The quantitative estimate of drug-likeness (QED) is 0.416. The van der Waals surface area contributed by atoms with E-state index < -0.39 is 7.32 Å². The molecule has 0 saturated heterocycles. The Morgan fingerprint density at radius 1 is 0.933 bits per heavy atom. The maximum Gasteiger partial charge on any atom is 0.641 e. The zero-order valence-corrected chi connectivity index (χ0v) is 12.3. The van der Waals surface area contributed by atoms with Crippen molar-refractivity contribution in [3.05, 3.63) is 0 Å². The summed E-state index contributed by atoms with van der Waals surface area (Å²) in [7, 11) is -0.651. The lowest BCUT2D eigenvalue weighted by Crippen LogP contribution is -2.34. The van der Waals surface area contributed by atoms with Crippen molar-refractivity contribution in [2.45, 2.75) is 37.1 Å². The lowest BCUT2D eigenvalue weighted by molar-refractivity contribution is 0.0816. The molecule has 0 radical (unpaired) electrons. The minimum atomic E-state index is -0.651. The van der Waals surface area contributed by atoms with Crippen molar-refractivity contribution in [1.82, 2.24) is 0 Å². The molecule has 3 nitrogen and oxygen atoms in total. The van der Waals surface area contributed by atoms with Gasteiger partial charge in [-0.05, 0) is 33.3 Å². The molecule has 90 valence electrons. The normalized spacial score (nSPS) is 17.2. The fourth-order valence-corrected chi connectivity index (χ4v) is 1.18. The SMILES string of the molecule is CSC(C)OB(OC(C)S)OC(C)SC. The lowest BCUT2D eigenvalue weighted by Gasteiger charge is -2.21. The van der Waals surface area contributed by atoms with Crippen LogP contribution in [0.15, 0.2) is 0 Å². The van der Waals surface area contributed by atoms with E-state index in [1.165, 1.54) is 0 Å². The van der Waals surface area contributed by atoms with E-state index in [0.717, 1.165) is 0 Å². The maximum atomic E-state index is 5.54. The van der Waals surface area contributed by atoms with Gasteiger partial charge >= 0.3 is 7.32 Å². The number of thioether (sulfide) groups is 2. The largest absolute Gasteiger partial charge is 0.641 e. The molecule has 0 N–H and O–H groups in total. The Morgan fingerprint density at radius 2 is 1.33 bits per heavy atom. The summed E-state index contributed by atoms with van der Waals surface area (Å²) >= 11 is 7.35. The minimum absolute atomic E-state index is 0.0381. The molecular weight excluding hydrogens is 251 g/mol. The summed E-state index contributed by atoms with van der Waals surface area (Å²) in [5.41, 5.74) is -0.134. The van der Waals surface area contributed by atoms with Crippen LogP contribution in [-0.2, 0) is 14.0 Å². The van der Waals surface area contributed by atoms with Gasteiger partial charge in [-0.15, -0.1) is 36.2 Å². The molecule has 3 atom stereocenters. The Bertz CT molecular complexity index is 150. The van der Waals surface area contributed by atoms with E-state index in [2.05, 4.69) is 12.6 Å². The third kappa shape index (κ3) is 8.77. The molecule has 0 amide bonds. The van der Waals surface area contributed by atoms with Crippen molar-refractivity contribution in [2.75, 3.05) is 12.5 Å². The van der Waals surface area contributed by atoms with Crippen molar-refractivity contribution in [3.8, 4) is 0 Å². The summed E-state index contributed by atoms with van der Waals surface area (Å²) in [5, 5.41) is 0. The summed E-state index contributed by atoms with van der Waals surface area (Å²) in [6, 6.07) is 0. The molecule has 0 aromatic heterocycles. The van der Waals surface area contributed by atoms with E-state index in [1.807, 2.05) is 33.3 Å². The molecule has 15 heavy (non-hydrogen) atoms. The fourth-order valence-electron chi connectivity index (χ4n) is 0.681. The van der Waals surface area contributed by atoms with Crippen LogP contribution in [0, 0.1) is 0 Å². The second kappa shape index (κ2) is 9.07. The smallest absolute Gasteiger partial charge is 0.374 e. The Morgan fingerprint density at radius 3 is 1.60 bits per heavy atom. The van der Waals surface area contributed by atoms with Gasteiger partial charge in [0.15, 0.2) is 0 Å². The van der Waals surface area contributed by atoms with Crippen molar-refractivity contribution in [3.63, 3.8) is 0 Å². The average molecular weight is 270 g/mol. The summed E-state index contributed by atoms with van der Waals surface area (Å²) in [4.78, 5) is 0. The van der Waals surface area contributed by atoms with Crippen LogP contribution in [0.25, 0.3) is 0 Å². The van der Waals surface area contributed by atoms with Crippen LogP contribution < -0.4 is 0 Å². The molecule has 0 spiro atoms. The van der Waals surface area contributed by atoms with E-state index in [0.29, 0.717) is 0 Å². The molecule has 0 aromatic carbocycles. The molecule has 0 aliphatic rings. The Balaban J connectivity index is 4.05. The van der Waals surface area contributed by atoms with E-state index in [-0.39, 0.29) is 16.3 Å². The van der Waals surface area contributed by atoms with Gasteiger partial charge in [0.25, 0.3) is 0 Å². The molecule has 0 saturated carbocycles. The molecule has 7 heteroatoms. The van der Waals surface area contributed by atoms with Gasteiger partial charge in [0.1, 0.15) is 0 Å². The summed E-state index contributed by atoms with van der Waals surface area (Å²) in [5.74, 6) is 0. The monoisotopic (exact) mass is 270 g/mol. The molecule has 0 heterocycles. The summed E-state index contributed by atoms with van der Waals surface area (Å²) in [6.45, 7) is 5.74. The Hall–Kier alpha value is 0.995. The van der Waals surface area contributed by atoms with Crippen LogP contribution in [0.2, 0.25) is 0 Å². The van der Waals surface area contributed by atoms with Crippen molar-refractivity contribution >= 4 is 43.5 Å². The molecule has 0 aliphatic carbocycles. The lowest BCUT2D eigenvalue weighted by atomic mass is 10.2. The van der Waals surface area contributed by atoms with E-state index in [9.17, 15) is 0 Å². The average Bonchev–Trinajstić information content (AvgIpc) is 2.16. The van der Waals surface area contributed by atoms with Gasteiger partial charge in [0, 0.05) is 0 Å². The van der Waals surface area contributed by atoms with Crippen molar-refractivity contribution in [2.24, 2.45) is 0 Å². The highest BCUT2D eigenvalue weighted by Gasteiger charge is 2.27. The number of hydrogen-bond acceptors (Lipinski definition) is 6. The van der Waals surface area contributed by atoms with Crippen LogP contribution >= 0.6 is 36.2 Å². The fraction of sp³-hybridized carbons (Fsp3) is 1.00. The maximum absolute atomic E-state index is 5.54. The third-order valence-electron chi connectivity index (χ3n) is 1.58. The van der Waals surface area contributed by atoms with Crippen LogP contribution in [0.1, 0.15) is 20.8 Å². The predicted octanol–water partition coefficient (Wildman–Crippen LogP) is 2.71. The first-order chi connectivity index (χ1) is 6.99. The first kappa shape index (κ1) is 16.0. The Labute approximate surface area is 107 Å². The third-order valence-corrected chi connectivity index (χ3v) is 3.25. The van der Waals surface area contributed by atoms with E-state index in [4.69, 9.17) is 14.0 Å². The van der Waals surface area contributed by atoms with Gasteiger partial charge in [-0.25, -0.2) is 0 Å². The zero-order valence-electron chi connectivity index (χ0n) is 9.80. The molecule has 0 bridgehead atoms. The minimum Gasteiger partial charge on any atom is -0.374 e. The standard InChI is InChI=1S/C8H19BO3S3/c1-6(13)10-9(11-7(2)14-4)12-8(3)15-5/h6-8,13H,1-5H3. The molecular formula is C8H19BO3S3. The highest BCUT2D eigenvalue weighted by Crippen LogP contribution is 2.15. The van der Waals surface area contributed by atoms with Gasteiger partial charge < -0.3 is 14.0 Å². The molecule has 0 aliphatic heterocycles. The van der Waals surface area contributed by atoms with E-state index >= 15 is 0 Å². The van der Waals surface area contributed by atoms with Gasteiger partial charge in [-0.2, -0.15) is 0 Å².